The zero-order valence-corrected chi connectivity index (χ0v) is 10.1. The van der Waals surface area contributed by atoms with Gasteiger partial charge in [-0.05, 0) is 18.6 Å². The molecule has 0 fully saturated rings. The highest BCUT2D eigenvalue weighted by molar-refractivity contribution is 5.63. The molecule has 0 unspecified atom stereocenters. The van der Waals surface area contributed by atoms with Crippen molar-refractivity contribution < 1.29 is 0 Å². The lowest BCUT2D eigenvalue weighted by Gasteiger charge is -2.06. The lowest BCUT2D eigenvalue weighted by atomic mass is 10.1. The maximum absolute atomic E-state index is 5.79. The molecular weight excluding hydrogens is 212 g/mol. The highest BCUT2D eigenvalue weighted by Gasteiger charge is 2.06. The fourth-order valence-corrected chi connectivity index (χ4v) is 1.86. The average Bonchev–Trinajstić information content (AvgIpc) is 2.78. The van der Waals surface area contributed by atoms with Crippen LogP contribution in [-0.2, 0) is 6.54 Å². The van der Waals surface area contributed by atoms with Gasteiger partial charge in [-0.25, -0.2) is 4.68 Å². The molecule has 0 aliphatic heterocycles. The first kappa shape index (κ1) is 11.6. The van der Waals surface area contributed by atoms with Gasteiger partial charge in [-0.2, -0.15) is 0 Å². The van der Waals surface area contributed by atoms with Gasteiger partial charge in [-0.3, -0.25) is 0 Å². The molecule has 2 rings (SSSR count). The average molecular weight is 230 g/mol. The Labute approximate surface area is 101 Å². The number of nitrogens with two attached hydrogens (primary N) is 1. The third-order valence-electron chi connectivity index (χ3n) is 2.77. The van der Waals surface area contributed by atoms with Gasteiger partial charge >= 0.3 is 0 Å². The van der Waals surface area contributed by atoms with Crippen molar-refractivity contribution in [3.05, 3.63) is 30.5 Å². The monoisotopic (exact) mass is 230 g/mol. The number of nitrogens with zero attached hydrogens (tertiary/aromatic N) is 3. The van der Waals surface area contributed by atoms with E-state index in [-0.39, 0.29) is 0 Å². The number of benzene rings is 1. The van der Waals surface area contributed by atoms with Gasteiger partial charge in [0.15, 0.2) is 0 Å². The summed E-state index contributed by atoms with van der Waals surface area (Å²) >= 11 is 0. The van der Waals surface area contributed by atoms with E-state index in [0.717, 1.165) is 29.9 Å². The summed E-state index contributed by atoms with van der Waals surface area (Å²) in [5, 5.41) is 8.10. The van der Waals surface area contributed by atoms with E-state index in [0.29, 0.717) is 0 Å². The molecule has 4 nitrogen and oxygen atoms in total. The van der Waals surface area contributed by atoms with Crippen LogP contribution in [0.2, 0.25) is 0 Å². The Morgan fingerprint density at radius 1 is 1.29 bits per heavy atom. The molecule has 2 aromatic rings. The van der Waals surface area contributed by atoms with Crippen LogP contribution in [0.4, 0.5) is 5.69 Å². The van der Waals surface area contributed by atoms with Crippen LogP contribution in [0.3, 0.4) is 0 Å². The standard InChI is InChI=1S/C13H18N4/c1-2-3-4-8-17-13(10-15-16-17)11-6-5-7-12(14)9-11/h5-7,9-10H,2-4,8,14H2,1H3. The Kier molecular flexibility index (Phi) is 3.75. The van der Waals surface area contributed by atoms with Gasteiger partial charge in [0.1, 0.15) is 0 Å². The summed E-state index contributed by atoms with van der Waals surface area (Å²) in [5.74, 6) is 0. The largest absolute Gasteiger partial charge is 0.399 e. The Morgan fingerprint density at radius 3 is 2.94 bits per heavy atom. The second-order valence-corrected chi connectivity index (χ2v) is 4.17. The van der Waals surface area contributed by atoms with E-state index < -0.39 is 0 Å². The van der Waals surface area contributed by atoms with Crippen LogP contribution < -0.4 is 5.73 Å². The highest BCUT2D eigenvalue weighted by Crippen LogP contribution is 2.20. The van der Waals surface area contributed by atoms with E-state index in [1.807, 2.05) is 28.9 Å². The van der Waals surface area contributed by atoms with Crippen molar-refractivity contribution in [3.63, 3.8) is 0 Å². The molecule has 0 saturated carbocycles. The van der Waals surface area contributed by atoms with Crippen molar-refractivity contribution in [2.45, 2.75) is 32.7 Å². The normalized spacial score (nSPS) is 10.6. The maximum Gasteiger partial charge on any atom is 0.0886 e. The third-order valence-corrected chi connectivity index (χ3v) is 2.77. The van der Waals surface area contributed by atoms with Crippen LogP contribution in [0.5, 0.6) is 0 Å². The number of aromatic nitrogens is 3. The molecule has 17 heavy (non-hydrogen) atoms. The zero-order valence-electron chi connectivity index (χ0n) is 10.1. The Morgan fingerprint density at radius 2 is 2.18 bits per heavy atom. The summed E-state index contributed by atoms with van der Waals surface area (Å²) in [5.41, 5.74) is 8.66. The van der Waals surface area contributed by atoms with E-state index in [1.165, 1.54) is 12.8 Å². The molecule has 0 aliphatic carbocycles. The predicted molar refractivity (Wildman–Crippen MR) is 69.4 cm³/mol. The van der Waals surface area contributed by atoms with Crippen molar-refractivity contribution in [1.82, 2.24) is 15.0 Å². The molecule has 1 heterocycles. The summed E-state index contributed by atoms with van der Waals surface area (Å²) in [6.07, 6.45) is 5.36. The summed E-state index contributed by atoms with van der Waals surface area (Å²) in [6, 6.07) is 7.82. The molecule has 0 amide bonds. The molecule has 0 atom stereocenters. The fourth-order valence-electron chi connectivity index (χ4n) is 1.86. The Balaban J connectivity index is 2.18. The van der Waals surface area contributed by atoms with Gasteiger partial charge in [-0.1, -0.05) is 37.1 Å². The second kappa shape index (κ2) is 5.48. The number of rotatable bonds is 5. The quantitative estimate of drug-likeness (QED) is 0.634. The van der Waals surface area contributed by atoms with E-state index in [4.69, 9.17) is 5.73 Å². The van der Waals surface area contributed by atoms with Crippen LogP contribution in [0.25, 0.3) is 11.3 Å². The first-order chi connectivity index (χ1) is 8.31. The lowest BCUT2D eigenvalue weighted by Crippen LogP contribution is -2.02. The maximum atomic E-state index is 5.79. The predicted octanol–water partition coefficient (Wildman–Crippen LogP) is 2.72. The molecule has 0 aliphatic rings. The smallest absolute Gasteiger partial charge is 0.0886 e. The number of anilines is 1. The highest BCUT2D eigenvalue weighted by atomic mass is 15.4. The summed E-state index contributed by atoms with van der Waals surface area (Å²) in [6.45, 7) is 3.11. The second-order valence-electron chi connectivity index (χ2n) is 4.17. The summed E-state index contributed by atoms with van der Waals surface area (Å²) in [4.78, 5) is 0. The third kappa shape index (κ3) is 2.84. The lowest BCUT2D eigenvalue weighted by molar-refractivity contribution is 0.541. The van der Waals surface area contributed by atoms with Gasteiger partial charge < -0.3 is 5.73 Å². The minimum absolute atomic E-state index is 0.767. The minimum atomic E-state index is 0.767. The van der Waals surface area contributed by atoms with E-state index in [2.05, 4.69) is 17.2 Å². The van der Waals surface area contributed by atoms with Gasteiger partial charge in [-0.15, -0.1) is 5.10 Å². The molecule has 1 aromatic heterocycles. The Hall–Kier alpha value is -1.84. The summed E-state index contributed by atoms with van der Waals surface area (Å²) in [7, 11) is 0. The zero-order chi connectivity index (χ0) is 12.1. The fraction of sp³-hybridized carbons (Fsp3) is 0.385. The first-order valence-corrected chi connectivity index (χ1v) is 6.05. The van der Waals surface area contributed by atoms with Crippen LogP contribution in [-0.4, -0.2) is 15.0 Å². The first-order valence-electron chi connectivity index (χ1n) is 6.05. The number of nitrogen functional groups attached to an aromatic ring is 1. The van der Waals surface area contributed by atoms with E-state index in [1.54, 1.807) is 6.20 Å². The molecule has 0 saturated heterocycles. The van der Waals surface area contributed by atoms with Crippen LogP contribution in [0, 0.1) is 0 Å². The van der Waals surface area contributed by atoms with Gasteiger partial charge in [0.2, 0.25) is 0 Å². The number of aryl methyl sites for hydroxylation is 1. The van der Waals surface area contributed by atoms with Gasteiger partial charge in [0, 0.05) is 17.8 Å². The topological polar surface area (TPSA) is 56.7 Å². The molecule has 1 aromatic carbocycles. The number of hydrogen-bond acceptors (Lipinski definition) is 3. The number of unbranched alkanes of at least 4 members (excludes halogenated alkanes) is 2. The molecule has 0 spiro atoms. The SMILES string of the molecule is CCCCCn1nncc1-c1cccc(N)c1. The van der Waals surface area contributed by atoms with Crippen molar-refractivity contribution in [3.8, 4) is 11.3 Å². The van der Waals surface area contributed by atoms with Crippen molar-refractivity contribution >= 4 is 5.69 Å². The van der Waals surface area contributed by atoms with Crippen molar-refractivity contribution in [2.24, 2.45) is 0 Å². The summed E-state index contributed by atoms with van der Waals surface area (Å²) < 4.78 is 1.95. The molecule has 0 bridgehead atoms. The van der Waals surface area contributed by atoms with E-state index >= 15 is 0 Å². The van der Waals surface area contributed by atoms with Crippen molar-refractivity contribution in [2.75, 3.05) is 5.73 Å². The Bertz CT molecular complexity index is 476. The molecule has 90 valence electrons. The van der Waals surface area contributed by atoms with Crippen LogP contribution >= 0.6 is 0 Å². The molecule has 4 heteroatoms. The van der Waals surface area contributed by atoms with Crippen LogP contribution in [0.15, 0.2) is 30.5 Å². The van der Waals surface area contributed by atoms with E-state index in [9.17, 15) is 0 Å². The van der Waals surface area contributed by atoms with Crippen LogP contribution in [0.1, 0.15) is 26.2 Å². The molecular formula is C13H18N4. The number of hydrogen-bond donors (Lipinski definition) is 1. The molecule has 0 radical (unpaired) electrons. The van der Waals surface area contributed by atoms with Crippen molar-refractivity contribution in [1.29, 1.82) is 0 Å². The van der Waals surface area contributed by atoms with Gasteiger partial charge in [0.05, 0.1) is 11.9 Å². The molecule has 2 N–H and O–H groups in total. The van der Waals surface area contributed by atoms with Gasteiger partial charge in [0.25, 0.3) is 0 Å². The minimum Gasteiger partial charge on any atom is -0.399 e.